The second kappa shape index (κ2) is 24.7. The molecule has 97 valence electrons. The first-order chi connectivity index (χ1) is 5.41. The first-order valence-corrected chi connectivity index (χ1v) is 3.97. The van der Waals surface area contributed by atoms with Crippen molar-refractivity contribution >= 4 is 0 Å². The zero-order chi connectivity index (χ0) is 8.36. The summed E-state index contributed by atoms with van der Waals surface area (Å²) in [5.74, 6) is 0. The number of hydrogen-bond acceptors (Lipinski definition) is 3. The molecule has 0 aliphatic carbocycles. The topological polar surface area (TPSA) is 27.7 Å². The molecule has 0 saturated carbocycles. The zero-order valence-corrected chi connectivity index (χ0v) is 14.6. The maximum Gasteiger partial charge on any atom is 0.0696 e. The van der Waals surface area contributed by atoms with E-state index in [4.69, 9.17) is 4.74 Å². The van der Waals surface area contributed by atoms with E-state index in [0.29, 0.717) is 13.2 Å². The summed E-state index contributed by atoms with van der Waals surface area (Å²) in [6, 6.07) is 0. The van der Waals surface area contributed by atoms with Crippen LogP contribution >= 0.6 is 0 Å². The fraction of sp³-hybridized carbons (Fsp3) is 1.00. The van der Waals surface area contributed by atoms with E-state index in [2.05, 4.69) is 9.47 Å². The Morgan fingerprint density at radius 2 is 1.29 bits per heavy atom. The van der Waals surface area contributed by atoms with E-state index in [1.165, 1.54) is 12.8 Å². The van der Waals surface area contributed by atoms with Crippen LogP contribution in [0.15, 0.2) is 0 Å². The first-order valence-electron chi connectivity index (χ1n) is 3.97. The molecule has 1 fully saturated rings. The third-order valence-corrected chi connectivity index (χ3v) is 1.32. The minimum absolute atomic E-state index is 0. The zero-order valence-electron chi connectivity index (χ0n) is 8.50. The number of halogens is 2. The molecule has 1 aliphatic rings. The normalized spacial score (nSPS) is 12.4. The quantitative estimate of drug-likeness (QED) is 0.246. The van der Waals surface area contributed by atoms with Gasteiger partial charge >= 0.3 is 0 Å². The summed E-state index contributed by atoms with van der Waals surface area (Å²) in [6.45, 7) is 3.38. The molecule has 1 heterocycles. The van der Waals surface area contributed by atoms with Crippen molar-refractivity contribution in [3.05, 3.63) is 0 Å². The average Bonchev–Trinajstić information content (AvgIpc) is 2.57. The Labute approximate surface area is 150 Å². The fourth-order valence-electron chi connectivity index (χ4n) is 0.677. The van der Waals surface area contributed by atoms with Gasteiger partial charge in [0.15, 0.2) is 0 Å². The number of hydrogen-bond donors (Lipinski definition) is 0. The van der Waals surface area contributed by atoms with Crippen molar-refractivity contribution < 1.29 is 99.0 Å². The predicted molar refractivity (Wildman–Crippen MR) is 43.8 cm³/mol. The molecule has 0 spiro atoms. The molecule has 6 heteroatoms. The van der Waals surface area contributed by atoms with Gasteiger partial charge in [-0.15, -0.1) is 0 Å². The van der Waals surface area contributed by atoms with E-state index in [1.54, 1.807) is 14.2 Å². The van der Waals surface area contributed by atoms with Gasteiger partial charge in [0.05, 0.1) is 13.2 Å². The molecule has 0 aromatic heterocycles. The van der Waals surface area contributed by atoms with Gasteiger partial charge in [0.25, 0.3) is 0 Å². The van der Waals surface area contributed by atoms with Crippen LogP contribution in [0.5, 0.6) is 0 Å². The van der Waals surface area contributed by atoms with Gasteiger partial charge in [-0.2, -0.15) is 0 Å². The Balaban J connectivity index is -0.0000000590. The number of rotatable bonds is 3. The van der Waals surface area contributed by atoms with E-state index >= 15 is 0 Å². The molecule has 0 N–H and O–H groups in total. The number of methoxy groups -OCH3 is 2. The average molecular weight is 585 g/mol. The van der Waals surface area contributed by atoms with Crippen LogP contribution in [0.25, 0.3) is 0 Å². The summed E-state index contributed by atoms with van der Waals surface area (Å²) in [4.78, 5) is 0. The van der Waals surface area contributed by atoms with Gasteiger partial charge in [-0.1, -0.05) is 0 Å². The van der Waals surface area contributed by atoms with Crippen LogP contribution in [-0.2, 0) is 14.2 Å². The van der Waals surface area contributed by atoms with Crippen LogP contribution in [0, 0.1) is 36.9 Å². The molecule has 0 atom stereocenters. The predicted octanol–water partition coefficient (Wildman–Crippen LogP) is -4.92. The second-order valence-corrected chi connectivity index (χ2v) is 2.31. The van der Waals surface area contributed by atoms with Crippen LogP contribution in [0.3, 0.4) is 0 Å². The van der Waals surface area contributed by atoms with Gasteiger partial charge < -0.3 is 62.2 Å². The third kappa shape index (κ3) is 24.0. The molecule has 0 amide bonds. The smallest absolute Gasteiger partial charge is 0.0696 e. The minimum atomic E-state index is 0. The summed E-state index contributed by atoms with van der Waals surface area (Å²) in [7, 11) is 3.30. The molecule has 1 rings (SSSR count). The van der Waals surface area contributed by atoms with Crippen molar-refractivity contribution in [2.75, 3.05) is 40.6 Å². The van der Waals surface area contributed by atoms with Crippen LogP contribution in [-0.4, -0.2) is 40.6 Å². The van der Waals surface area contributed by atoms with Crippen molar-refractivity contribution in [3.63, 3.8) is 0 Å². The molecular formula is C8H18I2O3Tm-2. The van der Waals surface area contributed by atoms with Crippen molar-refractivity contribution in [3.8, 4) is 0 Å². The molecule has 14 heavy (non-hydrogen) atoms. The van der Waals surface area contributed by atoms with Gasteiger partial charge in [-0.3, -0.25) is 0 Å². The van der Waals surface area contributed by atoms with E-state index in [9.17, 15) is 0 Å². The van der Waals surface area contributed by atoms with E-state index in [-0.39, 0.29) is 84.8 Å². The molecule has 1 aliphatic heterocycles. The standard InChI is InChI=1S/C4H10O2.C4H8O.2HI.Tm/c1-5-3-4-6-2;1-2-4-5-3-1;;;/h3-4H2,1-2H3;1-4H2;2*1H;/p-2. The summed E-state index contributed by atoms with van der Waals surface area (Å²) >= 11 is 0. The summed E-state index contributed by atoms with van der Waals surface area (Å²) in [5, 5.41) is 0. The Bertz CT molecular complexity index is 64.0. The van der Waals surface area contributed by atoms with Crippen molar-refractivity contribution in [1.82, 2.24) is 0 Å². The first kappa shape index (κ1) is 25.4. The number of ether oxygens (including phenoxy) is 3. The van der Waals surface area contributed by atoms with Gasteiger partial charge in [-0.05, 0) is 12.8 Å². The van der Waals surface area contributed by atoms with Crippen molar-refractivity contribution in [2.24, 2.45) is 0 Å². The van der Waals surface area contributed by atoms with Crippen molar-refractivity contribution in [2.45, 2.75) is 12.8 Å². The third-order valence-electron chi connectivity index (χ3n) is 1.32. The Morgan fingerprint density at radius 1 is 0.929 bits per heavy atom. The minimum Gasteiger partial charge on any atom is -1.00 e. The summed E-state index contributed by atoms with van der Waals surface area (Å²) < 4.78 is 14.3. The van der Waals surface area contributed by atoms with Gasteiger partial charge in [0.1, 0.15) is 0 Å². The van der Waals surface area contributed by atoms with E-state index in [1.807, 2.05) is 0 Å². The maximum absolute atomic E-state index is 4.94. The largest absolute Gasteiger partial charge is 1.00 e. The molecule has 3 nitrogen and oxygen atoms in total. The Hall–Kier alpha value is 2.57. The van der Waals surface area contributed by atoms with Gasteiger partial charge in [0, 0.05) is 64.3 Å². The molecule has 1 saturated heterocycles. The Morgan fingerprint density at radius 3 is 1.43 bits per heavy atom. The molecule has 0 aromatic carbocycles. The van der Waals surface area contributed by atoms with E-state index < -0.39 is 0 Å². The molecule has 0 unspecified atom stereocenters. The Kier molecular flexibility index (Phi) is 44.8. The SMILES string of the molecule is C1CCOC1.COCCOC.[I-].[I-].[Tm]. The monoisotopic (exact) mass is 585 g/mol. The maximum atomic E-state index is 4.94. The molecule has 0 aromatic rings. The molecular weight excluding hydrogens is 567 g/mol. The molecule has 0 bridgehead atoms. The van der Waals surface area contributed by atoms with Gasteiger partial charge in [-0.25, -0.2) is 0 Å². The van der Waals surface area contributed by atoms with Crippen LogP contribution in [0.2, 0.25) is 0 Å². The second-order valence-electron chi connectivity index (χ2n) is 2.31. The van der Waals surface area contributed by atoms with Crippen LogP contribution in [0.4, 0.5) is 0 Å². The molecule has 1 radical (unpaired) electrons. The summed E-state index contributed by atoms with van der Waals surface area (Å²) in [6.07, 6.45) is 2.56. The van der Waals surface area contributed by atoms with E-state index in [0.717, 1.165) is 13.2 Å². The van der Waals surface area contributed by atoms with Crippen LogP contribution in [0.1, 0.15) is 12.8 Å². The van der Waals surface area contributed by atoms with Crippen LogP contribution < -0.4 is 48.0 Å². The van der Waals surface area contributed by atoms with Crippen molar-refractivity contribution in [1.29, 1.82) is 0 Å². The van der Waals surface area contributed by atoms with Gasteiger partial charge in [0.2, 0.25) is 0 Å². The fourth-order valence-corrected chi connectivity index (χ4v) is 0.677. The summed E-state index contributed by atoms with van der Waals surface area (Å²) in [5.41, 5.74) is 0.